The Balaban J connectivity index is 1.69. The summed E-state index contributed by atoms with van der Waals surface area (Å²) in [5.74, 6) is 0. The molecule has 0 aromatic carbocycles. The zero-order valence-corrected chi connectivity index (χ0v) is 7.81. The molecule has 0 aromatic rings. The van der Waals surface area contributed by atoms with Crippen molar-refractivity contribution in [1.82, 2.24) is 5.32 Å². The topological polar surface area (TPSA) is 38.0 Å². The van der Waals surface area contributed by atoms with Crippen molar-refractivity contribution in [3.05, 3.63) is 0 Å². The van der Waals surface area contributed by atoms with Crippen LogP contribution in [0.2, 0.25) is 0 Å². The minimum absolute atomic E-state index is 0.496. The Morgan fingerprint density at radius 1 is 1.25 bits per heavy atom. The fourth-order valence-corrected chi connectivity index (χ4v) is 2.10. The Labute approximate surface area is 74.9 Å². The van der Waals surface area contributed by atoms with Gasteiger partial charge in [-0.15, -0.1) is 0 Å². The van der Waals surface area contributed by atoms with Crippen LogP contribution < -0.4 is 11.1 Å². The van der Waals surface area contributed by atoms with Gasteiger partial charge in [-0.3, -0.25) is 0 Å². The minimum atomic E-state index is 0.496. The van der Waals surface area contributed by atoms with Gasteiger partial charge in [-0.1, -0.05) is 12.8 Å². The zero-order chi connectivity index (χ0) is 8.44. The van der Waals surface area contributed by atoms with Crippen molar-refractivity contribution in [3.8, 4) is 0 Å². The fraction of sp³-hybridized carbons (Fsp3) is 1.00. The summed E-state index contributed by atoms with van der Waals surface area (Å²) in [4.78, 5) is 0. The van der Waals surface area contributed by atoms with Crippen molar-refractivity contribution >= 4 is 0 Å². The van der Waals surface area contributed by atoms with E-state index in [1.807, 2.05) is 0 Å². The van der Waals surface area contributed by atoms with Gasteiger partial charge in [0.25, 0.3) is 0 Å². The molecule has 0 unspecified atom stereocenters. The summed E-state index contributed by atoms with van der Waals surface area (Å²) in [5, 5.41) is 3.63. The molecule has 0 bridgehead atoms. The molecule has 2 nitrogen and oxygen atoms in total. The Hall–Kier alpha value is -0.0800. The van der Waals surface area contributed by atoms with E-state index in [9.17, 15) is 0 Å². The van der Waals surface area contributed by atoms with Crippen LogP contribution in [0.1, 0.15) is 38.5 Å². The first-order valence-corrected chi connectivity index (χ1v) is 5.28. The fourth-order valence-electron chi connectivity index (χ4n) is 2.10. The summed E-state index contributed by atoms with van der Waals surface area (Å²) in [5.41, 5.74) is 6.27. The first-order chi connectivity index (χ1) is 5.85. The maximum atomic E-state index is 5.77. The SMILES string of the molecule is NCC1(CNC2CCC2)CCC1. The van der Waals surface area contributed by atoms with Gasteiger partial charge < -0.3 is 11.1 Å². The van der Waals surface area contributed by atoms with Crippen LogP contribution in [-0.4, -0.2) is 19.1 Å². The number of rotatable bonds is 4. The summed E-state index contributed by atoms with van der Waals surface area (Å²) in [6, 6.07) is 0.828. The Bertz CT molecular complexity index is 142. The molecule has 0 heterocycles. The maximum absolute atomic E-state index is 5.77. The highest BCUT2D eigenvalue weighted by Gasteiger charge is 2.35. The smallest absolute Gasteiger partial charge is 0.00673 e. The lowest BCUT2D eigenvalue weighted by Gasteiger charge is -2.43. The molecular formula is C10H20N2. The van der Waals surface area contributed by atoms with Crippen LogP contribution in [0.5, 0.6) is 0 Å². The lowest BCUT2D eigenvalue weighted by Crippen LogP contribution is -2.49. The monoisotopic (exact) mass is 168 g/mol. The van der Waals surface area contributed by atoms with Crippen molar-refractivity contribution in [2.24, 2.45) is 11.1 Å². The molecule has 12 heavy (non-hydrogen) atoms. The standard InChI is InChI=1S/C10H20N2/c11-7-10(5-2-6-10)8-12-9-3-1-4-9/h9,12H,1-8,11H2. The third kappa shape index (κ3) is 1.50. The number of hydrogen-bond donors (Lipinski definition) is 2. The molecule has 0 aromatic heterocycles. The molecule has 0 atom stereocenters. The van der Waals surface area contributed by atoms with Crippen molar-refractivity contribution in [2.45, 2.75) is 44.6 Å². The quantitative estimate of drug-likeness (QED) is 0.663. The second-order valence-electron chi connectivity index (χ2n) is 4.57. The lowest BCUT2D eigenvalue weighted by atomic mass is 9.68. The summed E-state index contributed by atoms with van der Waals surface area (Å²) in [6.45, 7) is 2.06. The molecule has 3 N–H and O–H groups in total. The van der Waals surface area contributed by atoms with Gasteiger partial charge in [-0.25, -0.2) is 0 Å². The van der Waals surface area contributed by atoms with Gasteiger partial charge in [0.1, 0.15) is 0 Å². The molecular weight excluding hydrogens is 148 g/mol. The van der Waals surface area contributed by atoms with Crippen molar-refractivity contribution in [3.63, 3.8) is 0 Å². The first-order valence-electron chi connectivity index (χ1n) is 5.28. The molecule has 2 aliphatic rings. The van der Waals surface area contributed by atoms with Gasteiger partial charge >= 0.3 is 0 Å². The summed E-state index contributed by atoms with van der Waals surface area (Å²) < 4.78 is 0. The highest BCUT2D eigenvalue weighted by Crippen LogP contribution is 2.39. The highest BCUT2D eigenvalue weighted by molar-refractivity contribution is 4.92. The van der Waals surface area contributed by atoms with Crippen LogP contribution in [-0.2, 0) is 0 Å². The predicted octanol–water partition coefficient (Wildman–Crippen LogP) is 1.26. The van der Waals surface area contributed by atoms with E-state index in [2.05, 4.69) is 5.32 Å². The number of nitrogens with two attached hydrogens (primary N) is 1. The predicted molar refractivity (Wildman–Crippen MR) is 51.0 cm³/mol. The van der Waals surface area contributed by atoms with Crippen molar-refractivity contribution < 1.29 is 0 Å². The van der Waals surface area contributed by atoms with E-state index in [1.54, 1.807) is 0 Å². The molecule has 2 fully saturated rings. The van der Waals surface area contributed by atoms with E-state index in [0.717, 1.165) is 12.6 Å². The zero-order valence-electron chi connectivity index (χ0n) is 7.81. The molecule has 70 valence electrons. The molecule has 0 spiro atoms. The van der Waals surface area contributed by atoms with Gasteiger partial charge in [0.2, 0.25) is 0 Å². The summed E-state index contributed by atoms with van der Waals surface area (Å²) in [6.07, 6.45) is 8.30. The first kappa shape index (κ1) is 8.52. The largest absolute Gasteiger partial charge is 0.330 e. The third-order valence-electron chi connectivity index (χ3n) is 3.72. The van der Waals surface area contributed by atoms with Gasteiger partial charge in [0.15, 0.2) is 0 Å². The third-order valence-corrected chi connectivity index (χ3v) is 3.72. The molecule has 0 saturated heterocycles. The summed E-state index contributed by atoms with van der Waals surface area (Å²) >= 11 is 0. The molecule has 0 aliphatic heterocycles. The van der Waals surface area contributed by atoms with E-state index >= 15 is 0 Å². The van der Waals surface area contributed by atoms with E-state index in [-0.39, 0.29) is 0 Å². The van der Waals surface area contributed by atoms with Crippen LogP contribution in [0.3, 0.4) is 0 Å². The van der Waals surface area contributed by atoms with Gasteiger partial charge in [-0.2, -0.15) is 0 Å². The van der Waals surface area contributed by atoms with Gasteiger partial charge in [-0.05, 0) is 37.6 Å². The number of hydrogen-bond acceptors (Lipinski definition) is 2. The van der Waals surface area contributed by atoms with E-state index in [1.165, 1.54) is 45.1 Å². The number of nitrogens with one attached hydrogen (secondary N) is 1. The Morgan fingerprint density at radius 3 is 2.33 bits per heavy atom. The van der Waals surface area contributed by atoms with Crippen LogP contribution >= 0.6 is 0 Å². The summed E-state index contributed by atoms with van der Waals surface area (Å²) in [7, 11) is 0. The van der Waals surface area contributed by atoms with Gasteiger partial charge in [0, 0.05) is 12.6 Å². The highest BCUT2D eigenvalue weighted by atomic mass is 14.9. The van der Waals surface area contributed by atoms with E-state index < -0.39 is 0 Å². The maximum Gasteiger partial charge on any atom is 0.00673 e. The Kier molecular flexibility index (Phi) is 2.37. The van der Waals surface area contributed by atoms with Crippen LogP contribution in [0.4, 0.5) is 0 Å². The normalized spacial score (nSPS) is 27.8. The molecule has 2 aliphatic carbocycles. The Morgan fingerprint density at radius 2 is 2.00 bits per heavy atom. The second kappa shape index (κ2) is 3.35. The minimum Gasteiger partial charge on any atom is -0.330 e. The molecule has 2 heteroatoms. The molecule has 2 saturated carbocycles. The van der Waals surface area contributed by atoms with Crippen LogP contribution in [0.15, 0.2) is 0 Å². The van der Waals surface area contributed by atoms with Crippen molar-refractivity contribution in [1.29, 1.82) is 0 Å². The lowest BCUT2D eigenvalue weighted by molar-refractivity contribution is 0.127. The van der Waals surface area contributed by atoms with Crippen LogP contribution in [0.25, 0.3) is 0 Å². The van der Waals surface area contributed by atoms with Gasteiger partial charge in [0.05, 0.1) is 0 Å². The van der Waals surface area contributed by atoms with E-state index in [0.29, 0.717) is 5.41 Å². The van der Waals surface area contributed by atoms with Crippen LogP contribution in [0, 0.1) is 5.41 Å². The van der Waals surface area contributed by atoms with E-state index in [4.69, 9.17) is 5.73 Å². The van der Waals surface area contributed by atoms with Crippen molar-refractivity contribution in [2.75, 3.05) is 13.1 Å². The molecule has 0 amide bonds. The molecule has 2 rings (SSSR count). The average Bonchev–Trinajstić information content (AvgIpc) is 1.91. The molecule has 0 radical (unpaired) electrons. The average molecular weight is 168 g/mol. The second-order valence-corrected chi connectivity index (χ2v) is 4.57.